The van der Waals surface area contributed by atoms with Crippen LogP contribution in [0, 0.1) is 0 Å². The Labute approximate surface area is 176 Å². The SMILES string of the molecule is CC/C=C\C/C=C\C/C=C\C/C=C\CCC(=O)OC(CO)COC(=O)CCCC. The standard InChI is InChI=1S/C24H38O5/c1-3-5-7-8-9-10-11-12-13-14-15-16-17-19-24(27)29-22(20-25)21-28-23(26)18-6-4-2/h5,7,9-10,12-13,15-16,22,25H,3-4,6,8,11,14,17-21H2,1-2H3/b7-5-,10-9-,13-12-,16-15-. The summed E-state index contributed by atoms with van der Waals surface area (Å²) >= 11 is 0. The van der Waals surface area contributed by atoms with Crippen molar-refractivity contribution in [3.63, 3.8) is 0 Å². The van der Waals surface area contributed by atoms with E-state index in [2.05, 4.69) is 43.4 Å². The summed E-state index contributed by atoms with van der Waals surface area (Å²) in [6.45, 7) is 3.65. The second kappa shape index (κ2) is 20.6. The molecule has 0 aromatic rings. The van der Waals surface area contributed by atoms with Crippen LogP contribution in [0.5, 0.6) is 0 Å². The Morgan fingerprint density at radius 1 is 0.828 bits per heavy atom. The molecule has 0 fully saturated rings. The van der Waals surface area contributed by atoms with E-state index in [0.717, 1.165) is 38.5 Å². The van der Waals surface area contributed by atoms with E-state index in [0.29, 0.717) is 12.8 Å². The van der Waals surface area contributed by atoms with Gasteiger partial charge in [0.15, 0.2) is 6.10 Å². The molecule has 0 aromatic carbocycles. The number of hydrogen-bond donors (Lipinski definition) is 1. The van der Waals surface area contributed by atoms with E-state index in [4.69, 9.17) is 9.47 Å². The van der Waals surface area contributed by atoms with Crippen LogP contribution in [0.15, 0.2) is 48.6 Å². The summed E-state index contributed by atoms with van der Waals surface area (Å²) in [6.07, 6.45) is 22.6. The van der Waals surface area contributed by atoms with E-state index < -0.39 is 12.1 Å². The lowest BCUT2D eigenvalue weighted by Gasteiger charge is -2.15. The van der Waals surface area contributed by atoms with Crippen molar-refractivity contribution in [2.45, 2.75) is 77.7 Å². The van der Waals surface area contributed by atoms with Gasteiger partial charge in [-0.25, -0.2) is 0 Å². The second-order valence-electron chi connectivity index (χ2n) is 6.62. The number of aliphatic hydroxyl groups excluding tert-OH is 1. The first kappa shape index (κ1) is 26.9. The van der Waals surface area contributed by atoms with E-state index in [-0.39, 0.29) is 25.6 Å². The zero-order chi connectivity index (χ0) is 21.6. The van der Waals surface area contributed by atoms with Gasteiger partial charge in [-0.05, 0) is 38.5 Å². The number of unbranched alkanes of at least 4 members (excludes halogenated alkanes) is 1. The first-order valence-electron chi connectivity index (χ1n) is 10.7. The fourth-order valence-corrected chi connectivity index (χ4v) is 2.25. The smallest absolute Gasteiger partial charge is 0.306 e. The molecule has 0 aliphatic heterocycles. The minimum absolute atomic E-state index is 0.102. The van der Waals surface area contributed by atoms with Gasteiger partial charge in [0.1, 0.15) is 6.61 Å². The van der Waals surface area contributed by atoms with Crippen LogP contribution < -0.4 is 0 Å². The Kier molecular flexibility index (Phi) is 19.1. The van der Waals surface area contributed by atoms with Gasteiger partial charge in [0.05, 0.1) is 6.61 Å². The highest BCUT2D eigenvalue weighted by molar-refractivity contribution is 5.70. The quantitative estimate of drug-likeness (QED) is 0.265. The van der Waals surface area contributed by atoms with Crippen molar-refractivity contribution in [1.82, 2.24) is 0 Å². The number of aliphatic hydroxyl groups is 1. The first-order valence-corrected chi connectivity index (χ1v) is 10.7. The van der Waals surface area contributed by atoms with Gasteiger partial charge < -0.3 is 14.6 Å². The topological polar surface area (TPSA) is 72.8 Å². The van der Waals surface area contributed by atoms with Crippen LogP contribution in [-0.2, 0) is 19.1 Å². The molecular weight excluding hydrogens is 368 g/mol. The first-order chi connectivity index (χ1) is 14.1. The number of rotatable bonds is 17. The predicted octanol–water partition coefficient (Wildman–Crippen LogP) is 5.21. The molecule has 29 heavy (non-hydrogen) atoms. The Balaban J connectivity index is 3.83. The molecule has 0 rings (SSSR count). The molecular formula is C24H38O5. The van der Waals surface area contributed by atoms with Crippen LogP contribution in [-0.4, -0.2) is 36.4 Å². The van der Waals surface area contributed by atoms with Crippen LogP contribution in [0.3, 0.4) is 0 Å². The molecule has 1 atom stereocenters. The molecule has 5 heteroatoms. The third-order valence-corrected chi connectivity index (χ3v) is 3.90. The van der Waals surface area contributed by atoms with Crippen molar-refractivity contribution >= 4 is 11.9 Å². The molecule has 164 valence electrons. The highest BCUT2D eigenvalue weighted by Crippen LogP contribution is 2.03. The van der Waals surface area contributed by atoms with Crippen LogP contribution in [0.25, 0.3) is 0 Å². The largest absolute Gasteiger partial charge is 0.462 e. The zero-order valence-corrected chi connectivity index (χ0v) is 18.1. The fourth-order valence-electron chi connectivity index (χ4n) is 2.25. The number of allylic oxidation sites excluding steroid dienone is 8. The Hall–Kier alpha value is -2.14. The number of ether oxygens (including phenoxy) is 2. The summed E-state index contributed by atoms with van der Waals surface area (Å²) in [5, 5.41) is 9.25. The molecule has 5 nitrogen and oxygen atoms in total. The normalized spacial score (nSPS) is 13.1. The van der Waals surface area contributed by atoms with Crippen molar-refractivity contribution < 1.29 is 24.2 Å². The van der Waals surface area contributed by atoms with Crippen LogP contribution in [0.2, 0.25) is 0 Å². The molecule has 0 saturated carbocycles. The van der Waals surface area contributed by atoms with Crippen molar-refractivity contribution in [2.75, 3.05) is 13.2 Å². The number of esters is 2. The maximum absolute atomic E-state index is 11.8. The molecule has 0 amide bonds. The van der Waals surface area contributed by atoms with E-state index in [9.17, 15) is 14.7 Å². The van der Waals surface area contributed by atoms with Gasteiger partial charge >= 0.3 is 11.9 Å². The van der Waals surface area contributed by atoms with E-state index in [1.54, 1.807) is 0 Å². The Morgan fingerprint density at radius 2 is 1.41 bits per heavy atom. The molecule has 0 aliphatic carbocycles. The minimum Gasteiger partial charge on any atom is -0.462 e. The van der Waals surface area contributed by atoms with E-state index in [1.807, 2.05) is 19.1 Å². The molecule has 0 aliphatic rings. The summed E-state index contributed by atoms with van der Waals surface area (Å²) in [6, 6.07) is 0. The maximum atomic E-state index is 11.8. The molecule has 0 saturated heterocycles. The Bertz CT molecular complexity index is 531. The summed E-state index contributed by atoms with van der Waals surface area (Å²) in [4.78, 5) is 23.2. The number of hydrogen-bond acceptors (Lipinski definition) is 5. The molecule has 0 aromatic heterocycles. The molecule has 0 bridgehead atoms. The van der Waals surface area contributed by atoms with Crippen molar-refractivity contribution in [3.8, 4) is 0 Å². The molecule has 0 spiro atoms. The third kappa shape index (κ3) is 19.0. The third-order valence-electron chi connectivity index (χ3n) is 3.90. The van der Waals surface area contributed by atoms with E-state index >= 15 is 0 Å². The molecule has 1 unspecified atom stereocenters. The monoisotopic (exact) mass is 406 g/mol. The summed E-state index contributed by atoms with van der Waals surface area (Å²) in [5.41, 5.74) is 0. The summed E-state index contributed by atoms with van der Waals surface area (Å²) in [5.74, 6) is -0.739. The highest BCUT2D eigenvalue weighted by atomic mass is 16.6. The van der Waals surface area contributed by atoms with Crippen molar-refractivity contribution in [2.24, 2.45) is 0 Å². The van der Waals surface area contributed by atoms with E-state index in [1.165, 1.54) is 0 Å². The second-order valence-corrected chi connectivity index (χ2v) is 6.62. The lowest BCUT2D eigenvalue weighted by molar-refractivity contribution is -0.161. The minimum atomic E-state index is -0.800. The predicted molar refractivity (Wildman–Crippen MR) is 117 cm³/mol. The Morgan fingerprint density at radius 3 is 1.97 bits per heavy atom. The van der Waals surface area contributed by atoms with Gasteiger partial charge in [-0.2, -0.15) is 0 Å². The lowest BCUT2D eigenvalue weighted by atomic mass is 10.2. The van der Waals surface area contributed by atoms with Crippen molar-refractivity contribution in [3.05, 3.63) is 48.6 Å². The average Bonchev–Trinajstić information content (AvgIpc) is 2.72. The number of carbonyl (C=O) groups excluding carboxylic acids is 2. The average molecular weight is 407 g/mol. The van der Waals surface area contributed by atoms with Crippen LogP contribution in [0.4, 0.5) is 0 Å². The summed E-state index contributed by atoms with van der Waals surface area (Å²) < 4.78 is 10.1. The van der Waals surface area contributed by atoms with Gasteiger partial charge in [0, 0.05) is 12.8 Å². The molecule has 1 N–H and O–H groups in total. The van der Waals surface area contributed by atoms with Gasteiger partial charge in [-0.15, -0.1) is 0 Å². The maximum Gasteiger partial charge on any atom is 0.306 e. The van der Waals surface area contributed by atoms with Crippen LogP contribution in [0.1, 0.15) is 71.6 Å². The van der Waals surface area contributed by atoms with Crippen molar-refractivity contribution in [1.29, 1.82) is 0 Å². The van der Waals surface area contributed by atoms with Gasteiger partial charge in [-0.1, -0.05) is 68.9 Å². The summed E-state index contributed by atoms with van der Waals surface area (Å²) in [7, 11) is 0. The zero-order valence-electron chi connectivity index (χ0n) is 18.1. The van der Waals surface area contributed by atoms with Gasteiger partial charge in [0.2, 0.25) is 0 Å². The fraction of sp³-hybridized carbons (Fsp3) is 0.583. The lowest BCUT2D eigenvalue weighted by Crippen LogP contribution is -2.28. The van der Waals surface area contributed by atoms with Gasteiger partial charge in [-0.3, -0.25) is 9.59 Å². The van der Waals surface area contributed by atoms with Crippen LogP contribution >= 0.6 is 0 Å². The highest BCUT2D eigenvalue weighted by Gasteiger charge is 2.15. The molecule has 0 radical (unpaired) electrons. The number of carbonyl (C=O) groups is 2. The molecule has 0 heterocycles. The van der Waals surface area contributed by atoms with Gasteiger partial charge in [0.25, 0.3) is 0 Å².